The van der Waals surface area contributed by atoms with Gasteiger partial charge in [0.2, 0.25) is 5.88 Å². The van der Waals surface area contributed by atoms with E-state index in [4.69, 9.17) is 5.11 Å². The lowest BCUT2D eigenvalue weighted by atomic mass is 10.1. The zero-order chi connectivity index (χ0) is 14.8. The summed E-state index contributed by atoms with van der Waals surface area (Å²) in [6.45, 7) is 0. The summed E-state index contributed by atoms with van der Waals surface area (Å²) in [5, 5.41) is 19.1. The number of hydrogen-bond donors (Lipinski definition) is 2. The molecule has 1 aromatic rings. The van der Waals surface area contributed by atoms with Crippen molar-refractivity contribution in [2.75, 3.05) is 0 Å². The maximum absolute atomic E-state index is 11.9. The van der Waals surface area contributed by atoms with E-state index in [2.05, 4.69) is 4.74 Å². The molecule has 0 atom stereocenters. The van der Waals surface area contributed by atoms with Gasteiger partial charge < -0.3 is 9.84 Å². The lowest BCUT2D eigenvalue weighted by Crippen LogP contribution is -2.23. The van der Waals surface area contributed by atoms with Crippen molar-refractivity contribution >= 4 is 11.7 Å². The molecule has 0 fully saturated rings. The van der Waals surface area contributed by atoms with Crippen molar-refractivity contribution in [1.29, 1.82) is 0 Å². The van der Waals surface area contributed by atoms with Crippen LogP contribution < -0.4 is 10.3 Å². The van der Waals surface area contributed by atoms with Crippen LogP contribution in [0, 0.1) is 10.1 Å². The number of nitro groups is 1. The maximum atomic E-state index is 11.9. The molecule has 0 spiro atoms. The molecule has 0 aromatic carbocycles. The number of carboxylic acid groups (broad SMARTS) is 1. The van der Waals surface area contributed by atoms with Crippen LogP contribution in [-0.4, -0.2) is 27.3 Å². The highest BCUT2D eigenvalue weighted by Gasteiger charge is 2.33. The van der Waals surface area contributed by atoms with Crippen LogP contribution in [0.1, 0.15) is 5.56 Å². The number of pyridine rings is 1. The highest BCUT2D eigenvalue weighted by atomic mass is 19.4. The van der Waals surface area contributed by atoms with Gasteiger partial charge in [-0.1, -0.05) is 0 Å². The van der Waals surface area contributed by atoms with Crippen LogP contribution in [0.5, 0.6) is 5.88 Å². The number of aromatic amines is 1. The third-order valence-corrected chi connectivity index (χ3v) is 1.84. The molecule has 1 aromatic heterocycles. The lowest BCUT2D eigenvalue weighted by Gasteiger charge is -2.08. The molecular weight excluding hydrogens is 277 g/mol. The number of aliphatic carboxylic acids is 1. The summed E-state index contributed by atoms with van der Waals surface area (Å²) in [5.41, 5.74) is -3.17. The van der Waals surface area contributed by atoms with E-state index in [9.17, 15) is 32.9 Å². The van der Waals surface area contributed by atoms with E-state index in [1.54, 1.807) is 4.98 Å². The van der Waals surface area contributed by atoms with Crippen LogP contribution in [0.4, 0.5) is 18.9 Å². The monoisotopic (exact) mass is 282 g/mol. The Morgan fingerprint density at radius 2 is 2.11 bits per heavy atom. The van der Waals surface area contributed by atoms with Gasteiger partial charge in [-0.2, -0.15) is 0 Å². The van der Waals surface area contributed by atoms with Gasteiger partial charge in [0.25, 0.3) is 11.2 Å². The first-order valence-electron chi connectivity index (χ1n) is 4.48. The molecule has 0 saturated heterocycles. The molecule has 0 amide bonds. The van der Waals surface area contributed by atoms with Gasteiger partial charge in [-0.05, 0) is 0 Å². The largest absolute Gasteiger partial charge is 0.574 e. The van der Waals surface area contributed by atoms with Crippen molar-refractivity contribution in [3.05, 3.63) is 32.1 Å². The molecule has 0 aliphatic heterocycles. The number of carboxylic acids is 1. The Morgan fingerprint density at radius 1 is 1.53 bits per heavy atom. The van der Waals surface area contributed by atoms with E-state index in [0.717, 1.165) is 0 Å². The van der Waals surface area contributed by atoms with Crippen LogP contribution in [0.3, 0.4) is 0 Å². The van der Waals surface area contributed by atoms with Gasteiger partial charge in [-0.25, -0.2) is 0 Å². The molecule has 0 aliphatic carbocycles. The second kappa shape index (κ2) is 4.96. The molecule has 2 N–H and O–H groups in total. The zero-order valence-electron chi connectivity index (χ0n) is 8.85. The number of nitrogens with one attached hydrogen (secondary N) is 1. The normalized spacial score (nSPS) is 11.1. The molecule has 0 aliphatic rings. The fourth-order valence-corrected chi connectivity index (χ4v) is 1.22. The number of hydrogen-bond acceptors (Lipinski definition) is 5. The second-order valence-electron chi connectivity index (χ2n) is 3.20. The molecule has 1 heterocycles. The Bertz CT molecular complexity index is 579. The third kappa shape index (κ3) is 3.97. The number of rotatable bonds is 4. The Morgan fingerprint density at radius 3 is 2.53 bits per heavy atom. The predicted molar refractivity (Wildman–Crippen MR) is 51.7 cm³/mol. The van der Waals surface area contributed by atoms with Crippen molar-refractivity contribution in [1.82, 2.24) is 4.98 Å². The highest BCUT2D eigenvalue weighted by Crippen LogP contribution is 2.24. The minimum absolute atomic E-state index is 0.299. The molecule has 8 nitrogen and oxygen atoms in total. The van der Waals surface area contributed by atoms with Gasteiger partial charge in [0.15, 0.2) is 0 Å². The molecule has 0 bridgehead atoms. The lowest BCUT2D eigenvalue weighted by molar-refractivity contribution is -0.385. The number of H-pyrrole nitrogens is 1. The van der Waals surface area contributed by atoms with Gasteiger partial charge in [-0.3, -0.25) is 24.7 Å². The molecule has 0 unspecified atom stereocenters. The van der Waals surface area contributed by atoms with Crippen LogP contribution >= 0.6 is 0 Å². The first-order valence-corrected chi connectivity index (χ1v) is 4.48. The Kier molecular flexibility index (Phi) is 3.77. The third-order valence-electron chi connectivity index (χ3n) is 1.84. The van der Waals surface area contributed by atoms with Crippen LogP contribution in [-0.2, 0) is 11.2 Å². The number of ether oxygens (including phenoxy) is 1. The fourth-order valence-electron chi connectivity index (χ4n) is 1.22. The maximum Gasteiger partial charge on any atom is 0.574 e. The van der Waals surface area contributed by atoms with Gasteiger partial charge in [-0.15, -0.1) is 13.2 Å². The Hall–Kier alpha value is -2.59. The van der Waals surface area contributed by atoms with Crippen molar-refractivity contribution in [2.45, 2.75) is 12.8 Å². The average molecular weight is 282 g/mol. The Balaban J connectivity index is 3.33. The molecule has 104 valence electrons. The van der Waals surface area contributed by atoms with Gasteiger partial charge in [0.1, 0.15) is 5.56 Å². The predicted octanol–water partition coefficient (Wildman–Crippen LogP) is 0.809. The van der Waals surface area contributed by atoms with Crippen LogP contribution in [0.15, 0.2) is 10.9 Å². The van der Waals surface area contributed by atoms with Crippen molar-refractivity contribution < 1.29 is 32.7 Å². The fraction of sp³-hybridized carbons (Fsp3) is 0.250. The van der Waals surface area contributed by atoms with Gasteiger partial charge >= 0.3 is 12.3 Å². The van der Waals surface area contributed by atoms with E-state index >= 15 is 0 Å². The van der Waals surface area contributed by atoms with E-state index in [1.807, 2.05) is 0 Å². The SMILES string of the molecule is O=C(O)Cc1c([N+](=O)[O-])cc(OC(F)(F)F)[nH]c1=O. The van der Waals surface area contributed by atoms with Crippen LogP contribution in [0.2, 0.25) is 0 Å². The standard InChI is InChI=1S/C8H5F3N2O6/c9-8(10,11)19-5-2-4(13(17)18)3(1-6(14)15)7(16)12-5/h2H,1H2,(H,12,16)(H,14,15). The molecule has 0 radical (unpaired) electrons. The number of halogens is 3. The number of carbonyl (C=O) groups is 1. The summed E-state index contributed by atoms with van der Waals surface area (Å²) in [5.74, 6) is -2.74. The number of aromatic nitrogens is 1. The van der Waals surface area contributed by atoms with E-state index < -0.39 is 46.4 Å². The quantitative estimate of drug-likeness (QED) is 0.622. The van der Waals surface area contributed by atoms with Crippen LogP contribution in [0.25, 0.3) is 0 Å². The first kappa shape index (κ1) is 14.5. The van der Waals surface area contributed by atoms with Gasteiger partial charge in [0, 0.05) is 0 Å². The molecular formula is C8H5F3N2O6. The van der Waals surface area contributed by atoms with Crippen molar-refractivity contribution in [2.24, 2.45) is 0 Å². The molecule has 19 heavy (non-hydrogen) atoms. The van der Waals surface area contributed by atoms with E-state index in [1.165, 1.54) is 0 Å². The summed E-state index contributed by atoms with van der Waals surface area (Å²) in [6, 6.07) is 0.299. The zero-order valence-corrected chi connectivity index (χ0v) is 8.85. The summed E-state index contributed by atoms with van der Waals surface area (Å²) < 4.78 is 39.1. The van der Waals surface area contributed by atoms with E-state index in [0.29, 0.717) is 6.07 Å². The minimum atomic E-state index is -5.15. The highest BCUT2D eigenvalue weighted by molar-refractivity contribution is 5.71. The summed E-state index contributed by atoms with van der Waals surface area (Å²) in [7, 11) is 0. The topological polar surface area (TPSA) is 123 Å². The number of alkyl halides is 3. The van der Waals surface area contributed by atoms with Crippen molar-refractivity contribution in [3.63, 3.8) is 0 Å². The summed E-state index contributed by atoms with van der Waals surface area (Å²) >= 11 is 0. The Labute approximate surface area is 101 Å². The molecule has 1 rings (SSSR count). The first-order chi connectivity index (χ1) is 8.60. The summed E-state index contributed by atoms with van der Waals surface area (Å²) in [6.07, 6.45) is -6.15. The second-order valence-corrected chi connectivity index (χ2v) is 3.20. The molecule has 0 saturated carbocycles. The number of nitrogens with zero attached hydrogens (tertiary/aromatic N) is 1. The average Bonchev–Trinajstić information content (AvgIpc) is 2.18. The van der Waals surface area contributed by atoms with Gasteiger partial charge in [0.05, 0.1) is 17.4 Å². The minimum Gasteiger partial charge on any atom is -0.481 e. The van der Waals surface area contributed by atoms with E-state index in [-0.39, 0.29) is 0 Å². The smallest absolute Gasteiger partial charge is 0.481 e. The molecule has 11 heteroatoms. The summed E-state index contributed by atoms with van der Waals surface area (Å²) in [4.78, 5) is 32.7. The van der Waals surface area contributed by atoms with Crippen molar-refractivity contribution in [3.8, 4) is 5.88 Å².